The van der Waals surface area contributed by atoms with Crippen LogP contribution in [0, 0.1) is 23.2 Å². The molecule has 0 fully saturated rings. The van der Waals surface area contributed by atoms with Crippen molar-refractivity contribution >= 4 is 11.9 Å². The minimum absolute atomic E-state index is 0.239. The van der Waals surface area contributed by atoms with Gasteiger partial charge in [-0.15, -0.1) is 0 Å². The summed E-state index contributed by atoms with van der Waals surface area (Å²) < 4.78 is 0. The van der Waals surface area contributed by atoms with E-state index in [-0.39, 0.29) is 12.3 Å². The highest BCUT2D eigenvalue weighted by atomic mass is 16.4. The fourth-order valence-corrected chi connectivity index (χ4v) is 5.93. The van der Waals surface area contributed by atoms with Crippen molar-refractivity contribution in [2.24, 2.45) is 23.2 Å². The molecule has 0 saturated carbocycles. The van der Waals surface area contributed by atoms with Crippen molar-refractivity contribution in [3.63, 3.8) is 0 Å². The van der Waals surface area contributed by atoms with Gasteiger partial charge in [-0.25, -0.2) is 0 Å². The molecule has 0 rings (SSSR count). The van der Waals surface area contributed by atoms with Gasteiger partial charge in [0.1, 0.15) is 0 Å². The molecule has 0 aromatic heterocycles. The molecule has 202 valence electrons. The molecule has 4 nitrogen and oxygen atoms in total. The van der Waals surface area contributed by atoms with E-state index in [0.717, 1.165) is 89.9 Å². The lowest BCUT2D eigenvalue weighted by Gasteiger charge is -2.42. The van der Waals surface area contributed by atoms with E-state index < -0.39 is 17.4 Å². The zero-order chi connectivity index (χ0) is 25.8. The predicted molar refractivity (Wildman–Crippen MR) is 144 cm³/mol. The van der Waals surface area contributed by atoms with Gasteiger partial charge in [0.25, 0.3) is 0 Å². The van der Waals surface area contributed by atoms with Gasteiger partial charge in [-0.1, -0.05) is 125 Å². The van der Waals surface area contributed by atoms with Crippen LogP contribution >= 0.6 is 0 Å². The summed E-state index contributed by atoms with van der Waals surface area (Å²) in [7, 11) is 0. The molecule has 0 aliphatic heterocycles. The predicted octanol–water partition coefficient (Wildman–Crippen LogP) is 9.50. The minimum atomic E-state index is -0.704. The van der Waals surface area contributed by atoms with Crippen molar-refractivity contribution in [3.05, 3.63) is 0 Å². The fraction of sp³-hybridized carbons (Fsp3) is 0.933. The zero-order valence-electron chi connectivity index (χ0n) is 23.4. The number of carbonyl (C=O) groups is 2. The molecule has 3 unspecified atom stereocenters. The number of hydrogen-bond donors (Lipinski definition) is 2. The standard InChI is InChI=1S/C30H58O4/c1-6-11-19-25(8-3)23-30(29(33)34,24-26(9-4)20-12-7-2)27(10-5)21-17-15-13-14-16-18-22-28(31)32/h25-27H,6-24H2,1-5H3,(H,31,32)(H,33,34). The maximum absolute atomic E-state index is 13.1. The van der Waals surface area contributed by atoms with Crippen molar-refractivity contribution in [2.45, 2.75) is 157 Å². The molecule has 0 heterocycles. The van der Waals surface area contributed by atoms with Crippen LogP contribution in [0.25, 0.3) is 0 Å². The summed E-state index contributed by atoms with van der Waals surface area (Å²) in [5.41, 5.74) is -0.598. The molecule has 0 aromatic carbocycles. The summed E-state index contributed by atoms with van der Waals surface area (Å²) in [6.45, 7) is 11.1. The normalized spacial score (nSPS) is 16.0. The first kappa shape index (κ1) is 32.9. The van der Waals surface area contributed by atoms with E-state index in [1.165, 1.54) is 25.7 Å². The molecular formula is C30H58O4. The maximum Gasteiger partial charge on any atom is 0.309 e. The summed E-state index contributed by atoms with van der Waals surface area (Å²) >= 11 is 0. The molecule has 4 heteroatoms. The Hall–Kier alpha value is -1.06. The number of unbranched alkanes of at least 4 members (excludes halogenated alkanes) is 7. The molecule has 0 spiro atoms. The van der Waals surface area contributed by atoms with Gasteiger partial charge >= 0.3 is 11.9 Å². The smallest absolute Gasteiger partial charge is 0.309 e. The van der Waals surface area contributed by atoms with Gasteiger partial charge in [0.2, 0.25) is 0 Å². The van der Waals surface area contributed by atoms with Gasteiger partial charge in [0.15, 0.2) is 0 Å². The van der Waals surface area contributed by atoms with E-state index in [1.54, 1.807) is 0 Å². The van der Waals surface area contributed by atoms with Crippen molar-refractivity contribution < 1.29 is 19.8 Å². The van der Waals surface area contributed by atoms with Crippen molar-refractivity contribution in [3.8, 4) is 0 Å². The van der Waals surface area contributed by atoms with Crippen LogP contribution in [0.3, 0.4) is 0 Å². The Morgan fingerprint density at radius 1 is 0.618 bits per heavy atom. The van der Waals surface area contributed by atoms with E-state index in [0.29, 0.717) is 11.8 Å². The Bertz CT molecular complexity index is 498. The van der Waals surface area contributed by atoms with E-state index >= 15 is 0 Å². The van der Waals surface area contributed by atoms with Crippen LogP contribution in [0.1, 0.15) is 157 Å². The highest BCUT2D eigenvalue weighted by Crippen LogP contribution is 2.47. The van der Waals surface area contributed by atoms with Crippen LogP contribution in [0.4, 0.5) is 0 Å². The molecule has 0 radical (unpaired) electrons. The summed E-state index contributed by atoms with van der Waals surface area (Å²) in [4.78, 5) is 23.7. The summed E-state index contributed by atoms with van der Waals surface area (Å²) in [5, 5.41) is 19.5. The van der Waals surface area contributed by atoms with E-state index in [2.05, 4.69) is 34.6 Å². The highest BCUT2D eigenvalue weighted by molar-refractivity contribution is 5.75. The first-order valence-corrected chi connectivity index (χ1v) is 14.8. The van der Waals surface area contributed by atoms with Gasteiger partial charge in [-0.3, -0.25) is 9.59 Å². The Labute approximate surface area is 211 Å². The third-order valence-corrected chi connectivity index (χ3v) is 8.29. The van der Waals surface area contributed by atoms with Crippen LogP contribution in [0.2, 0.25) is 0 Å². The quantitative estimate of drug-likeness (QED) is 0.134. The molecular weight excluding hydrogens is 424 g/mol. The van der Waals surface area contributed by atoms with Gasteiger partial charge in [0.05, 0.1) is 5.41 Å². The Balaban J connectivity index is 5.37. The topological polar surface area (TPSA) is 74.6 Å². The molecule has 0 aliphatic rings. The molecule has 34 heavy (non-hydrogen) atoms. The highest BCUT2D eigenvalue weighted by Gasteiger charge is 2.46. The van der Waals surface area contributed by atoms with Gasteiger partial charge < -0.3 is 10.2 Å². The molecule has 0 aliphatic carbocycles. The Morgan fingerprint density at radius 3 is 1.47 bits per heavy atom. The third-order valence-electron chi connectivity index (χ3n) is 8.29. The maximum atomic E-state index is 13.1. The summed E-state index contributed by atoms with van der Waals surface area (Å²) in [6, 6.07) is 0. The Kier molecular flexibility index (Phi) is 19.5. The molecule has 0 amide bonds. The van der Waals surface area contributed by atoms with Gasteiger partial charge in [-0.05, 0) is 43.4 Å². The lowest BCUT2D eigenvalue weighted by Crippen LogP contribution is -2.42. The molecule has 0 saturated heterocycles. The van der Waals surface area contributed by atoms with Crippen molar-refractivity contribution in [1.29, 1.82) is 0 Å². The molecule has 0 aromatic rings. The lowest BCUT2D eigenvalue weighted by atomic mass is 9.61. The zero-order valence-corrected chi connectivity index (χ0v) is 23.4. The monoisotopic (exact) mass is 482 g/mol. The van der Waals surface area contributed by atoms with Gasteiger partial charge in [0, 0.05) is 6.42 Å². The Morgan fingerprint density at radius 2 is 1.09 bits per heavy atom. The number of rotatable bonds is 24. The second-order valence-electron chi connectivity index (χ2n) is 10.9. The van der Waals surface area contributed by atoms with Crippen molar-refractivity contribution in [1.82, 2.24) is 0 Å². The summed E-state index contributed by atoms with van der Waals surface area (Å²) in [6.07, 6.45) is 19.3. The van der Waals surface area contributed by atoms with Crippen LogP contribution in [-0.2, 0) is 9.59 Å². The average Bonchev–Trinajstić information content (AvgIpc) is 2.82. The molecule has 3 atom stereocenters. The van der Waals surface area contributed by atoms with Gasteiger partial charge in [-0.2, -0.15) is 0 Å². The van der Waals surface area contributed by atoms with Crippen LogP contribution in [0.5, 0.6) is 0 Å². The first-order valence-electron chi connectivity index (χ1n) is 14.8. The first-order chi connectivity index (χ1) is 16.3. The lowest BCUT2D eigenvalue weighted by molar-refractivity contribution is -0.157. The van der Waals surface area contributed by atoms with Crippen LogP contribution < -0.4 is 0 Å². The van der Waals surface area contributed by atoms with Crippen LogP contribution in [-0.4, -0.2) is 22.2 Å². The number of carboxylic acids is 2. The summed E-state index contributed by atoms with van der Waals surface area (Å²) in [5.74, 6) is -0.00301. The third kappa shape index (κ3) is 13.1. The van der Waals surface area contributed by atoms with E-state index in [9.17, 15) is 14.7 Å². The van der Waals surface area contributed by atoms with E-state index in [1.807, 2.05) is 0 Å². The number of aliphatic carboxylic acids is 2. The second-order valence-corrected chi connectivity index (χ2v) is 10.9. The second kappa shape index (κ2) is 20.2. The van der Waals surface area contributed by atoms with E-state index in [4.69, 9.17) is 5.11 Å². The number of hydrogen-bond acceptors (Lipinski definition) is 2. The SMILES string of the molecule is CCCCC(CC)CC(CC(CC)CCCC)(C(=O)O)C(CC)CCCCCCCCC(=O)O. The minimum Gasteiger partial charge on any atom is -0.481 e. The fourth-order valence-electron chi connectivity index (χ4n) is 5.93. The number of carboxylic acid groups (broad SMARTS) is 2. The average molecular weight is 483 g/mol. The van der Waals surface area contributed by atoms with Crippen LogP contribution in [0.15, 0.2) is 0 Å². The molecule has 2 N–H and O–H groups in total. The largest absolute Gasteiger partial charge is 0.481 e. The molecule has 0 bridgehead atoms. The van der Waals surface area contributed by atoms with Crippen molar-refractivity contribution in [2.75, 3.05) is 0 Å².